The van der Waals surface area contributed by atoms with E-state index in [1.54, 1.807) is 12.1 Å². The standard InChI is InChI=1S/C8H9O2P/c1-10-8(9)6-2-4-7(11)5-3-6/h2-5H,11H2,1H3. The van der Waals surface area contributed by atoms with Crippen molar-refractivity contribution in [1.29, 1.82) is 0 Å². The summed E-state index contributed by atoms with van der Waals surface area (Å²) >= 11 is 0. The number of carbonyl (C=O) groups excluding carboxylic acids is 1. The summed E-state index contributed by atoms with van der Waals surface area (Å²) in [7, 11) is 3.92. The van der Waals surface area contributed by atoms with Crippen molar-refractivity contribution in [3.8, 4) is 0 Å². The van der Waals surface area contributed by atoms with E-state index in [0.717, 1.165) is 5.30 Å². The maximum atomic E-state index is 10.9. The van der Waals surface area contributed by atoms with Gasteiger partial charge in [-0.15, -0.1) is 9.24 Å². The lowest BCUT2D eigenvalue weighted by Crippen LogP contribution is -2.02. The fraction of sp³-hybridized carbons (Fsp3) is 0.125. The van der Waals surface area contributed by atoms with Crippen LogP contribution in [-0.2, 0) is 4.74 Å². The molecule has 0 saturated heterocycles. The van der Waals surface area contributed by atoms with Crippen molar-refractivity contribution in [2.24, 2.45) is 0 Å². The lowest BCUT2D eigenvalue weighted by molar-refractivity contribution is 0.0601. The smallest absolute Gasteiger partial charge is 0.337 e. The molecule has 0 amide bonds. The van der Waals surface area contributed by atoms with Crippen LogP contribution in [0.4, 0.5) is 0 Å². The summed E-state index contributed by atoms with van der Waals surface area (Å²) in [4.78, 5) is 10.9. The summed E-state index contributed by atoms with van der Waals surface area (Å²) in [5.41, 5.74) is 0.582. The molecule has 0 heterocycles. The molecule has 58 valence electrons. The number of esters is 1. The number of hydrogen-bond acceptors (Lipinski definition) is 2. The molecule has 11 heavy (non-hydrogen) atoms. The molecule has 0 aliphatic carbocycles. The highest BCUT2D eigenvalue weighted by Gasteiger charge is 2.01. The van der Waals surface area contributed by atoms with Gasteiger partial charge in [0.05, 0.1) is 12.7 Å². The Balaban J connectivity index is 2.90. The predicted molar refractivity (Wildman–Crippen MR) is 47.1 cm³/mol. The highest BCUT2D eigenvalue weighted by molar-refractivity contribution is 7.27. The number of methoxy groups -OCH3 is 1. The van der Waals surface area contributed by atoms with Gasteiger partial charge in [0.15, 0.2) is 0 Å². The molecule has 0 radical (unpaired) electrons. The summed E-state index contributed by atoms with van der Waals surface area (Å²) < 4.78 is 4.53. The Kier molecular flexibility index (Phi) is 2.61. The van der Waals surface area contributed by atoms with Gasteiger partial charge in [-0.25, -0.2) is 4.79 Å². The van der Waals surface area contributed by atoms with Gasteiger partial charge in [-0.1, -0.05) is 12.1 Å². The molecule has 1 atom stereocenters. The van der Waals surface area contributed by atoms with Crippen LogP contribution in [-0.4, -0.2) is 13.1 Å². The van der Waals surface area contributed by atoms with E-state index < -0.39 is 0 Å². The van der Waals surface area contributed by atoms with E-state index in [9.17, 15) is 4.79 Å². The van der Waals surface area contributed by atoms with Crippen LogP contribution in [0.5, 0.6) is 0 Å². The minimum absolute atomic E-state index is 0.296. The molecule has 0 spiro atoms. The van der Waals surface area contributed by atoms with Crippen molar-refractivity contribution in [1.82, 2.24) is 0 Å². The molecule has 0 bridgehead atoms. The monoisotopic (exact) mass is 168 g/mol. The Bertz CT molecular complexity index is 253. The van der Waals surface area contributed by atoms with Gasteiger partial charge in [0.1, 0.15) is 0 Å². The second-order valence-corrected chi connectivity index (χ2v) is 2.78. The predicted octanol–water partition coefficient (Wildman–Crippen LogP) is 0.974. The van der Waals surface area contributed by atoms with Gasteiger partial charge in [-0.3, -0.25) is 0 Å². The highest BCUT2D eigenvalue weighted by atomic mass is 31.0. The van der Waals surface area contributed by atoms with Crippen molar-refractivity contribution in [3.05, 3.63) is 29.8 Å². The Morgan fingerprint density at radius 3 is 2.36 bits per heavy atom. The number of carbonyl (C=O) groups is 1. The third-order valence-electron chi connectivity index (χ3n) is 1.33. The molecular weight excluding hydrogens is 159 g/mol. The first kappa shape index (κ1) is 8.22. The Hall–Kier alpha value is -0.880. The summed E-state index contributed by atoms with van der Waals surface area (Å²) in [6.45, 7) is 0. The van der Waals surface area contributed by atoms with Crippen molar-refractivity contribution < 1.29 is 9.53 Å². The second kappa shape index (κ2) is 3.49. The normalized spacial score (nSPS) is 9.27. The van der Waals surface area contributed by atoms with E-state index in [1.165, 1.54) is 7.11 Å². The molecule has 1 aromatic carbocycles. The van der Waals surface area contributed by atoms with Gasteiger partial charge >= 0.3 is 5.97 Å². The fourth-order valence-electron chi connectivity index (χ4n) is 0.737. The summed E-state index contributed by atoms with van der Waals surface area (Å²) in [5.74, 6) is -0.296. The van der Waals surface area contributed by atoms with Gasteiger partial charge in [0.25, 0.3) is 0 Å². The van der Waals surface area contributed by atoms with Crippen LogP contribution in [0.1, 0.15) is 10.4 Å². The van der Waals surface area contributed by atoms with Crippen LogP contribution in [0.25, 0.3) is 0 Å². The van der Waals surface area contributed by atoms with E-state index in [4.69, 9.17) is 0 Å². The van der Waals surface area contributed by atoms with Crippen molar-refractivity contribution in [2.75, 3.05) is 7.11 Å². The molecule has 0 aliphatic heterocycles. The Labute approximate surface area is 67.8 Å². The van der Waals surface area contributed by atoms with E-state index in [0.29, 0.717) is 5.56 Å². The van der Waals surface area contributed by atoms with Gasteiger partial charge in [-0.2, -0.15) is 0 Å². The van der Waals surface area contributed by atoms with Crippen LogP contribution < -0.4 is 5.30 Å². The van der Waals surface area contributed by atoms with Crippen LogP contribution in [0, 0.1) is 0 Å². The minimum Gasteiger partial charge on any atom is -0.465 e. The molecule has 0 aliphatic rings. The number of rotatable bonds is 1. The molecule has 0 fully saturated rings. The summed E-state index contributed by atoms with van der Waals surface area (Å²) in [6.07, 6.45) is 0. The van der Waals surface area contributed by atoms with E-state index in [2.05, 4.69) is 14.0 Å². The van der Waals surface area contributed by atoms with Gasteiger partial charge < -0.3 is 4.74 Å². The van der Waals surface area contributed by atoms with E-state index in [-0.39, 0.29) is 5.97 Å². The zero-order chi connectivity index (χ0) is 8.27. The average molecular weight is 168 g/mol. The molecule has 0 saturated carbocycles. The Morgan fingerprint density at radius 1 is 1.36 bits per heavy atom. The number of hydrogen-bond donors (Lipinski definition) is 0. The van der Waals surface area contributed by atoms with E-state index in [1.807, 2.05) is 12.1 Å². The van der Waals surface area contributed by atoms with Crippen molar-refractivity contribution in [3.63, 3.8) is 0 Å². The minimum atomic E-state index is -0.296. The molecule has 0 N–H and O–H groups in total. The molecule has 2 nitrogen and oxygen atoms in total. The van der Waals surface area contributed by atoms with Crippen LogP contribution in [0.3, 0.4) is 0 Å². The fourth-order valence-corrected chi connectivity index (χ4v) is 0.930. The van der Waals surface area contributed by atoms with E-state index >= 15 is 0 Å². The molecule has 1 rings (SSSR count). The largest absolute Gasteiger partial charge is 0.465 e. The van der Waals surface area contributed by atoms with Gasteiger partial charge in [0.2, 0.25) is 0 Å². The maximum Gasteiger partial charge on any atom is 0.337 e. The zero-order valence-electron chi connectivity index (χ0n) is 6.20. The third-order valence-corrected chi connectivity index (χ3v) is 1.72. The maximum absolute atomic E-state index is 10.9. The molecule has 0 aromatic heterocycles. The topological polar surface area (TPSA) is 26.3 Å². The summed E-state index contributed by atoms with van der Waals surface area (Å²) in [5, 5.41) is 1.05. The zero-order valence-corrected chi connectivity index (χ0v) is 7.36. The first-order valence-corrected chi connectivity index (χ1v) is 3.75. The quantitative estimate of drug-likeness (QED) is 0.461. The van der Waals surface area contributed by atoms with Crippen molar-refractivity contribution in [2.45, 2.75) is 0 Å². The third kappa shape index (κ3) is 2.02. The molecular formula is C8H9O2P. The first-order chi connectivity index (χ1) is 5.24. The molecule has 3 heteroatoms. The number of ether oxygens (including phenoxy) is 1. The van der Waals surface area contributed by atoms with Crippen LogP contribution in [0.15, 0.2) is 24.3 Å². The lowest BCUT2D eigenvalue weighted by atomic mass is 10.2. The SMILES string of the molecule is COC(=O)c1ccc(P)cc1. The molecule has 1 unspecified atom stereocenters. The lowest BCUT2D eigenvalue weighted by Gasteiger charge is -1.97. The highest BCUT2D eigenvalue weighted by Crippen LogP contribution is 2.00. The van der Waals surface area contributed by atoms with Gasteiger partial charge in [-0.05, 0) is 17.4 Å². The second-order valence-electron chi connectivity index (χ2n) is 2.11. The van der Waals surface area contributed by atoms with Crippen LogP contribution in [0.2, 0.25) is 0 Å². The average Bonchev–Trinajstić information content (AvgIpc) is 2.05. The van der Waals surface area contributed by atoms with Crippen molar-refractivity contribution >= 4 is 20.5 Å². The Morgan fingerprint density at radius 2 is 1.91 bits per heavy atom. The summed E-state index contributed by atoms with van der Waals surface area (Å²) in [6, 6.07) is 7.15. The van der Waals surface area contributed by atoms with Gasteiger partial charge in [0, 0.05) is 0 Å². The van der Waals surface area contributed by atoms with Crippen LogP contribution >= 0.6 is 9.24 Å². The first-order valence-electron chi connectivity index (χ1n) is 3.18. The molecule has 1 aromatic rings. The number of benzene rings is 1.